The number of aryl methyl sites for hydroxylation is 1. The fraction of sp³-hybridized carbons (Fsp3) is 0.409. The maximum atomic E-state index is 12.9. The van der Waals surface area contributed by atoms with Crippen LogP contribution in [0.5, 0.6) is 0 Å². The molecule has 1 aliphatic heterocycles. The molecule has 2 aromatic carbocycles. The van der Waals surface area contributed by atoms with E-state index in [0.717, 1.165) is 41.6 Å². The van der Waals surface area contributed by atoms with Gasteiger partial charge < -0.3 is 4.90 Å². The lowest BCUT2D eigenvalue weighted by Crippen LogP contribution is -2.42. The van der Waals surface area contributed by atoms with Gasteiger partial charge in [-0.2, -0.15) is 0 Å². The van der Waals surface area contributed by atoms with Crippen LogP contribution in [0.15, 0.2) is 41.3 Å². The molecule has 148 valence electrons. The van der Waals surface area contributed by atoms with Crippen LogP contribution in [-0.4, -0.2) is 20.4 Å². The largest absolute Gasteiger partial charge is 0.309 e. The first-order chi connectivity index (χ1) is 13.3. The first kappa shape index (κ1) is 19.0. The minimum absolute atomic E-state index is 0.0630. The maximum Gasteiger partial charge on any atom is 0.261 e. The molecule has 0 aromatic heterocycles. The predicted octanol–water partition coefficient (Wildman–Crippen LogP) is 4.18. The van der Waals surface area contributed by atoms with Crippen LogP contribution >= 0.6 is 0 Å². The molecule has 1 atom stereocenters. The lowest BCUT2D eigenvalue weighted by atomic mass is 9.84. The van der Waals surface area contributed by atoms with Crippen molar-refractivity contribution in [3.05, 3.63) is 53.1 Å². The van der Waals surface area contributed by atoms with E-state index in [2.05, 4.69) is 4.72 Å². The quantitative estimate of drug-likeness (QED) is 0.840. The van der Waals surface area contributed by atoms with E-state index in [1.165, 1.54) is 0 Å². The minimum atomic E-state index is -3.69. The van der Waals surface area contributed by atoms with Gasteiger partial charge in [0.1, 0.15) is 0 Å². The fourth-order valence-electron chi connectivity index (χ4n) is 4.03. The van der Waals surface area contributed by atoms with Crippen LogP contribution in [0, 0.1) is 19.8 Å². The Kier molecular flexibility index (Phi) is 4.70. The molecule has 0 bridgehead atoms. The topological polar surface area (TPSA) is 66.5 Å². The Bertz CT molecular complexity index is 1040. The first-order valence-corrected chi connectivity index (χ1v) is 11.3. The van der Waals surface area contributed by atoms with Crippen LogP contribution < -0.4 is 9.62 Å². The van der Waals surface area contributed by atoms with E-state index in [9.17, 15) is 13.2 Å². The highest BCUT2D eigenvalue weighted by Crippen LogP contribution is 2.38. The second-order valence-corrected chi connectivity index (χ2v) is 9.72. The molecule has 0 spiro atoms. The lowest BCUT2D eigenvalue weighted by molar-refractivity contribution is -0.125. The first-order valence-electron chi connectivity index (χ1n) is 9.83. The Morgan fingerprint density at radius 1 is 1.14 bits per heavy atom. The van der Waals surface area contributed by atoms with Crippen LogP contribution in [0.3, 0.4) is 0 Å². The third-order valence-corrected chi connectivity index (χ3v) is 7.48. The van der Waals surface area contributed by atoms with Crippen molar-refractivity contribution in [3.63, 3.8) is 0 Å². The maximum absolute atomic E-state index is 12.9. The SMILES string of the molecule is Cc1cccc(NS(=O)(=O)c2ccc3c(c2)C[C@H](C)N3C(=O)C2CCC2)c1C. The summed E-state index contributed by atoms with van der Waals surface area (Å²) in [5, 5.41) is 0. The Morgan fingerprint density at radius 3 is 2.57 bits per heavy atom. The average molecular weight is 399 g/mol. The molecule has 1 amide bonds. The van der Waals surface area contributed by atoms with Gasteiger partial charge in [-0.1, -0.05) is 18.6 Å². The molecule has 4 rings (SSSR count). The fourth-order valence-corrected chi connectivity index (χ4v) is 5.20. The summed E-state index contributed by atoms with van der Waals surface area (Å²) in [6.45, 7) is 5.89. The summed E-state index contributed by atoms with van der Waals surface area (Å²) in [5.41, 5.74) is 4.32. The third kappa shape index (κ3) is 3.20. The number of sulfonamides is 1. The standard InChI is InChI=1S/C22H26N2O3S/c1-14-6-4-9-20(16(14)3)23-28(26,27)19-10-11-21-18(13-19)12-15(2)24(21)22(25)17-7-5-8-17/h4,6,9-11,13,15,17,23H,5,7-8,12H2,1-3H3/t15-/m0/s1. The smallest absolute Gasteiger partial charge is 0.261 e. The highest BCUT2D eigenvalue weighted by Gasteiger charge is 2.37. The predicted molar refractivity (Wildman–Crippen MR) is 111 cm³/mol. The molecule has 1 heterocycles. The summed E-state index contributed by atoms with van der Waals surface area (Å²) >= 11 is 0. The van der Waals surface area contributed by atoms with Gasteiger partial charge in [-0.15, -0.1) is 0 Å². The van der Waals surface area contributed by atoms with Crippen molar-refractivity contribution in [2.24, 2.45) is 5.92 Å². The van der Waals surface area contributed by atoms with Crippen molar-refractivity contribution in [1.82, 2.24) is 0 Å². The highest BCUT2D eigenvalue weighted by molar-refractivity contribution is 7.92. The number of fused-ring (bicyclic) bond motifs is 1. The van der Waals surface area contributed by atoms with Gasteiger partial charge in [0, 0.05) is 17.6 Å². The Labute approximate surface area is 166 Å². The van der Waals surface area contributed by atoms with Crippen LogP contribution in [0.25, 0.3) is 0 Å². The van der Waals surface area contributed by atoms with Crippen molar-refractivity contribution < 1.29 is 13.2 Å². The molecular weight excluding hydrogens is 372 g/mol. The summed E-state index contributed by atoms with van der Waals surface area (Å²) in [6.07, 6.45) is 3.72. The Hall–Kier alpha value is -2.34. The van der Waals surface area contributed by atoms with Gasteiger partial charge in [0.05, 0.1) is 10.6 Å². The molecule has 1 fully saturated rings. The second kappa shape index (κ2) is 6.92. The number of nitrogens with zero attached hydrogens (tertiary/aromatic N) is 1. The monoisotopic (exact) mass is 398 g/mol. The number of rotatable bonds is 4. The van der Waals surface area contributed by atoms with E-state index >= 15 is 0 Å². The van der Waals surface area contributed by atoms with Gasteiger partial charge in [-0.3, -0.25) is 9.52 Å². The number of hydrogen-bond donors (Lipinski definition) is 1. The molecule has 0 unspecified atom stereocenters. The summed E-state index contributed by atoms with van der Waals surface area (Å²) in [4.78, 5) is 14.9. The summed E-state index contributed by atoms with van der Waals surface area (Å²) in [5.74, 6) is 0.310. The van der Waals surface area contributed by atoms with E-state index in [1.54, 1.807) is 24.3 Å². The van der Waals surface area contributed by atoms with Crippen molar-refractivity contribution in [1.29, 1.82) is 0 Å². The van der Waals surface area contributed by atoms with Crippen LogP contribution in [0.4, 0.5) is 11.4 Å². The second-order valence-electron chi connectivity index (χ2n) is 8.03. The highest BCUT2D eigenvalue weighted by atomic mass is 32.2. The molecule has 0 radical (unpaired) electrons. The number of benzene rings is 2. The molecule has 6 heteroatoms. The van der Waals surface area contributed by atoms with E-state index in [0.29, 0.717) is 12.1 Å². The van der Waals surface area contributed by atoms with Crippen molar-refractivity contribution >= 4 is 27.3 Å². The molecule has 5 nitrogen and oxygen atoms in total. The Morgan fingerprint density at radius 2 is 1.89 bits per heavy atom. The lowest BCUT2D eigenvalue weighted by Gasteiger charge is -2.32. The zero-order chi connectivity index (χ0) is 20.1. The van der Waals surface area contributed by atoms with E-state index in [1.807, 2.05) is 37.8 Å². The normalized spacial score (nSPS) is 19.2. The van der Waals surface area contributed by atoms with Gasteiger partial charge in [0.15, 0.2) is 0 Å². The average Bonchev–Trinajstić information content (AvgIpc) is 2.92. The number of carbonyl (C=O) groups excluding carboxylic acids is 1. The van der Waals surface area contributed by atoms with Crippen LogP contribution in [0.1, 0.15) is 42.9 Å². The molecule has 0 saturated heterocycles. The van der Waals surface area contributed by atoms with Crippen molar-refractivity contribution in [2.45, 2.75) is 57.4 Å². The summed E-state index contributed by atoms with van der Waals surface area (Å²) < 4.78 is 28.6. The summed E-state index contributed by atoms with van der Waals surface area (Å²) in [7, 11) is -3.69. The van der Waals surface area contributed by atoms with Gasteiger partial charge >= 0.3 is 0 Å². The molecule has 1 aliphatic carbocycles. The van der Waals surface area contributed by atoms with E-state index in [4.69, 9.17) is 0 Å². The molecule has 1 saturated carbocycles. The van der Waals surface area contributed by atoms with Crippen LogP contribution in [0.2, 0.25) is 0 Å². The molecule has 2 aliphatic rings. The molecule has 28 heavy (non-hydrogen) atoms. The Balaban J connectivity index is 1.63. The molecular formula is C22H26N2O3S. The van der Waals surface area contributed by atoms with Gasteiger partial charge in [-0.05, 0) is 81.0 Å². The van der Waals surface area contributed by atoms with Crippen LogP contribution in [-0.2, 0) is 21.2 Å². The number of hydrogen-bond acceptors (Lipinski definition) is 3. The molecule has 2 aromatic rings. The number of anilines is 2. The zero-order valence-electron chi connectivity index (χ0n) is 16.5. The number of carbonyl (C=O) groups is 1. The van der Waals surface area contributed by atoms with Gasteiger partial charge in [0.2, 0.25) is 5.91 Å². The van der Waals surface area contributed by atoms with Crippen molar-refractivity contribution in [2.75, 3.05) is 9.62 Å². The van der Waals surface area contributed by atoms with E-state index in [-0.39, 0.29) is 22.8 Å². The number of amides is 1. The molecule has 1 N–H and O–H groups in total. The van der Waals surface area contributed by atoms with Gasteiger partial charge in [0.25, 0.3) is 10.0 Å². The zero-order valence-corrected chi connectivity index (χ0v) is 17.3. The minimum Gasteiger partial charge on any atom is -0.309 e. The van der Waals surface area contributed by atoms with Gasteiger partial charge in [-0.25, -0.2) is 8.42 Å². The van der Waals surface area contributed by atoms with E-state index < -0.39 is 10.0 Å². The summed E-state index contributed by atoms with van der Waals surface area (Å²) in [6, 6.07) is 10.7. The third-order valence-electron chi connectivity index (χ3n) is 6.12. The van der Waals surface area contributed by atoms with Crippen molar-refractivity contribution in [3.8, 4) is 0 Å². The number of nitrogens with one attached hydrogen (secondary N) is 1.